The van der Waals surface area contributed by atoms with Crippen molar-refractivity contribution in [3.63, 3.8) is 0 Å². The molecule has 14 aliphatic carbocycles. The van der Waals surface area contributed by atoms with Crippen molar-refractivity contribution in [3.05, 3.63) is 91.0 Å². The smallest absolute Gasteiger partial charge is 0.428 e. The molecule has 14 bridgehead atoms. The van der Waals surface area contributed by atoms with E-state index in [1.165, 1.54) is 53.2 Å². The lowest BCUT2D eigenvalue weighted by molar-refractivity contribution is -0.231. The topological polar surface area (TPSA) is 288 Å². The Morgan fingerprint density at radius 3 is 1.27 bits per heavy atom. The van der Waals surface area contributed by atoms with Gasteiger partial charge in [-0.05, 0) is 279 Å². The average Bonchev–Trinajstić information content (AvgIpc) is 1.14. The van der Waals surface area contributed by atoms with E-state index in [4.69, 9.17) is 33.2 Å². The highest BCUT2D eigenvalue weighted by molar-refractivity contribution is 7.97. The minimum absolute atomic E-state index is 0. The van der Waals surface area contributed by atoms with E-state index in [0.717, 1.165) is 76.0 Å². The molecule has 16 fully saturated rings. The Morgan fingerprint density at radius 2 is 0.898 bits per heavy atom. The maximum Gasteiger partial charge on any atom is 0.428 e. The number of aliphatic hydroxyl groups is 1. The first-order chi connectivity index (χ1) is 55.4. The third-order valence-electron chi connectivity index (χ3n) is 29.5. The van der Waals surface area contributed by atoms with E-state index >= 15 is 0 Å². The second-order valence-corrected chi connectivity index (χ2v) is 43.3. The van der Waals surface area contributed by atoms with E-state index in [1.54, 1.807) is 20.8 Å². The van der Waals surface area contributed by atoms with Crippen LogP contribution in [0, 0.1) is 105 Å². The Hall–Kier alpha value is -6.50. The predicted octanol–water partition coefficient (Wildman–Crippen LogP) is 24.4. The average molecular weight is 1840 g/mol. The summed E-state index contributed by atoms with van der Waals surface area (Å²) in [6, 6.07) is 32.2. The van der Waals surface area contributed by atoms with Crippen molar-refractivity contribution in [2.75, 3.05) is 13.2 Å². The van der Waals surface area contributed by atoms with Crippen LogP contribution in [0.4, 0.5) is 8.78 Å². The van der Waals surface area contributed by atoms with Crippen molar-refractivity contribution in [2.45, 2.75) is 399 Å². The lowest BCUT2D eigenvalue weighted by Gasteiger charge is -2.62. The van der Waals surface area contributed by atoms with Crippen molar-refractivity contribution in [1.29, 1.82) is 0 Å². The molecule has 12 atom stereocenters. The molecule has 24 heteroatoms. The monoisotopic (exact) mass is 1840 g/mol. The van der Waals surface area contributed by atoms with E-state index in [2.05, 4.69) is 117 Å². The molecule has 2 heterocycles. The molecule has 3 aromatic carbocycles. The van der Waals surface area contributed by atoms with Crippen LogP contribution >= 0.6 is 0 Å². The lowest BCUT2D eigenvalue weighted by atomic mass is 9.47. The fourth-order valence-electron chi connectivity index (χ4n) is 22.4. The Labute approximate surface area is 775 Å². The SMILES string of the molecule is C.C.C.C.C.C.C.C.C.C.CCC(C)(C)C(=O)OC1(C(C)C)C2CC3CC(C2)CC1C3.CCC(C)(C)C(=O)OC1C2CC3C(=O)OC1C3C2.CCC(C)(C)C(=O)OC1CCOC1=O.CCC(C)C(=O)OC12CC3CC(CC(COC(=O)C(F)(F)S(=O)(=O)[O-])(C3)C1)C2.CCC(C)C(=O)OC12CC3CC(CC(O)(C3)C1)C2.c1ccc([S+](c2ccccc2)c2ccccc2)cc1. The number of benzene rings is 3. The second kappa shape index (κ2) is 47.4. The molecule has 2 saturated heterocycles. The van der Waals surface area contributed by atoms with Crippen molar-refractivity contribution in [3.8, 4) is 0 Å². The first-order valence-electron chi connectivity index (χ1n) is 44.0. The van der Waals surface area contributed by atoms with Crippen LogP contribution in [-0.4, -0.2) is 125 Å². The zero-order valence-corrected chi connectivity index (χ0v) is 74.0. The molecule has 3 aromatic rings. The fraction of sp³-hybridized carbons (Fsp3) is 0.750. The molecule has 1 N–H and O–H groups in total. The predicted molar refractivity (Wildman–Crippen MR) is 506 cm³/mol. The number of halogens is 2. The molecular formula is C104H172F2O20S2. The van der Waals surface area contributed by atoms with Gasteiger partial charge in [-0.2, -0.15) is 8.78 Å². The minimum atomic E-state index is -6.15. The number of cyclic esters (lactones) is 1. The van der Waals surface area contributed by atoms with Gasteiger partial charge in [0.25, 0.3) is 0 Å². The summed E-state index contributed by atoms with van der Waals surface area (Å²) in [6.45, 7) is 29.5. The third-order valence-corrected chi connectivity index (χ3v) is 32.5. The number of hydrogen-bond acceptors (Lipinski definition) is 20. The van der Waals surface area contributed by atoms with Crippen molar-refractivity contribution in [2.24, 2.45) is 105 Å². The maximum absolute atomic E-state index is 13.4. The number of alkyl halides is 2. The van der Waals surface area contributed by atoms with Crippen molar-refractivity contribution >= 4 is 68.8 Å². The van der Waals surface area contributed by atoms with Gasteiger partial charge in [0.05, 0.1) is 63.7 Å². The van der Waals surface area contributed by atoms with Gasteiger partial charge >= 0.3 is 53.0 Å². The van der Waals surface area contributed by atoms with Crippen LogP contribution in [0.2, 0.25) is 0 Å². The van der Waals surface area contributed by atoms with E-state index in [9.17, 15) is 65.2 Å². The van der Waals surface area contributed by atoms with Crippen molar-refractivity contribution in [1.82, 2.24) is 0 Å². The van der Waals surface area contributed by atoms with Gasteiger partial charge in [-0.3, -0.25) is 28.8 Å². The fourth-order valence-corrected chi connectivity index (χ4v) is 24.8. The summed E-state index contributed by atoms with van der Waals surface area (Å²) >= 11 is 0. The van der Waals surface area contributed by atoms with Crippen LogP contribution in [0.1, 0.15) is 339 Å². The summed E-state index contributed by atoms with van der Waals surface area (Å²) in [5.41, 5.74) is -3.71. The highest BCUT2D eigenvalue weighted by atomic mass is 32.2. The number of carbonyl (C=O) groups is 8. The zero-order valence-electron chi connectivity index (χ0n) is 72.3. The Kier molecular flexibility index (Phi) is 44.3. The van der Waals surface area contributed by atoms with Gasteiger partial charge in [0.15, 0.2) is 24.8 Å². The molecule has 19 rings (SSSR count). The van der Waals surface area contributed by atoms with Gasteiger partial charge in [-0.1, -0.05) is 191 Å². The molecule has 0 amide bonds. The number of rotatable bonds is 23. The van der Waals surface area contributed by atoms with Crippen LogP contribution < -0.4 is 0 Å². The van der Waals surface area contributed by atoms with Crippen LogP contribution in [0.25, 0.3) is 0 Å². The highest BCUT2D eigenvalue weighted by Gasteiger charge is 2.66. The van der Waals surface area contributed by atoms with E-state index in [0.29, 0.717) is 106 Å². The first kappa shape index (κ1) is 120. The summed E-state index contributed by atoms with van der Waals surface area (Å²) in [6.07, 6.45) is 21.3. The highest BCUT2D eigenvalue weighted by Crippen LogP contribution is 2.65. The van der Waals surface area contributed by atoms with Gasteiger partial charge in [0.2, 0.25) is 6.10 Å². The Balaban J connectivity index is 0.000000764. The summed E-state index contributed by atoms with van der Waals surface area (Å²) in [5, 5.41) is 5.47. The molecule has 0 aromatic heterocycles. The minimum Gasteiger partial charge on any atom is -0.743 e. The van der Waals surface area contributed by atoms with Crippen LogP contribution in [0.15, 0.2) is 106 Å². The molecular weight excluding hydrogens is 1670 g/mol. The molecule has 14 saturated carbocycles. The zero-order chi connectivity index (χ0) is 86.1. The molecule has 734 valence electrons. The van der Waals surface area contributed by atoms with Crippen molar-refractivity contribution < 1.29 is 103 Å². The first-order valence-corrected chi connectivity index (χ1v) is 46.6. The normalized spacial score (nSPS) is 30.9. The standard InChI is InChI=1S/C19H32O2.C18H26F2O7S.C18H15S.C15H24O3.C14H20O4.C10H16O4.10CH4/c1-6-18(4,5)17(20)21-19(12(2)3)15-8-13-7-14(10-15)11-16(19)9-13;1-3-11(2)14(21)27-17-7-12-4-13(8-17)6-16(5-12,9-17)10-26-15(22)18(19,20)28(23,24)25;1-4-10-16(11-5-1)19(17-12-6-2-7-13-17)18-14-8-3-9-15-18;1-3-10(2)13(16)18-15-7-11-4-12(8-15)6-14(17,5-11)9-15;1-4-14(2,3)13(16)18-10-7-5-8-9(6-7)12(15)17-11(8)10;1-4-10(2,3)9(12)14-7-5-6-13-8(7)11;;;;;;;;;;/h12-16H,6-11H2,1-5H3;11-13H,3-10H2,1-2H3,(H,23,24,25);1-15H;10-12,17H,3-9H2,1-2H3;7-11H,4-6H2,1-3H3;7H,4-6H2,1-3H3;10*1H4/q;;+1;;;;;;;;;;;;;/p-1. The molecule has 20 nitrogen and oxygen atoms in total. The molecule has 128 heavy (non-hydrogen) atoms. The quantitative estimate of drug-likeness (QED) is 0.0399. The Bertz CT molecular complexity index is 4000. The number of carbonyl (C=O) groups excluding carboxylic acids is 8. The number of fused-ring (bicyclic) bond motifs is 1. The lowest BCUT2D eigenvalue weighted by Crippen LogP contribution is -2.63. The number of esters is 8. The van der Waals surface area contributed by atoms with Crippen LogP contribution in [0.5, 0.6) is 0 Å². The molecule has 2 aliphatic heterocycles. The van der Waals surface area contributed by atoms with E-state index in [-0.39, 0.29) is 179 Å². The van der Waals surface area contributed by atoms with Crippen LogP contribution in [-0.2, 0) is 97.3 Å². The van der Waals surface area contributed by atoms with E-state index < -0.39 is 67.5 Å². The Morgan fingerprint density at radius 1 is 0.508 bits per heavy atom. The third kappa shape index (κ3) is 26.3. The van der Waals surface area contributed by atoms with Gasteiger partial charge in [0.1, 0.15) is 29.0 Å². The number of hydrogen-bond donors (Lipinski definition) is 1. The van der Waals surface area contributed by atoms with Gasteiger partial charge in [-0.25, -0.2) is 18.0 Å². The van der Waals surface area contributed by atoms with Gasteiger partial charge in [0, 0.05) is 30.1 Å². The molecule has 12 unspecified atom stereocenters. The summed E-state index contributed by atoms with van der Waals surface area (Å²) in [4.78, 5) is 99.2. The second-order valence-electron chi connectivity index (χ2n) is 39.8. The summed E-state index contributed by atoms with van der Waals surface area (Å²) in [7, 11) is -6.16. The van der Waals surface area contributed by atoms with E-state index in [1.807, 2.05) is 62.3 Å². The maximum atomic E-state index is 13.4. The molecule has 0 spiro atoms. The number of ether oxygens (including phenoxy) is 8. The molecule has 0 radical (unpaired) electrons. The van der Waals surface area contributed by atoms with Gasteiger partial charge in [-0.15, -0.1) is 0 Å². The summed E-state index contributed by atoms with van der Waals surface area (Å²) < 4.78 is 102. The largest absolute Gasteiger partial charge is 0.743 e. The molecule has 16 aliphatic rings. The van der Waals surface area contributed by atoms with Gasteiger partial charge < -0.3 is 47.6 Å². The van der Waals surface area contributed by atoms with Crippen LogP contribution in [0.3, 0.4) is 0 Å². The summed E-state index contributed by atoms with van der Waals surface area (Å²) in [5.74, 6) is 1.86.